The molecule has 3 N–H and O–H groups in total. The minimum absolute atomic E-state index is 0.00419. The molecule has 12 heteroatoms. The summed E-state index contributed by atoms with van der Waals surface area (Å²) in [5, 5.41) is 11.7. The van der Waals surface area contributed by atoms with Crippen molar-refractivity contribution < 1.29 is 32.9 Å². The van der Waals surface area contributed by atoms with Gasteiger partial charge in [-0.2, -0.15) is 0 Å². The number of aryl methyl sites for hydroxylation is 1. The predicted molar refractivity (Wildman–Crippen MR) is 146 cm³/mol. The van der Waals surface area contributed by atoms with Crippen molar-refractivity contribution in [3.63, 3.8) is 0 Å². The summed E-state index contributed by atoms with van der Waals surface area (Å²) in [6, 6.07) is 4.69. The highest BCUT2D eigenvalue weighted by atomic mass is 19.1. The number of hydrogen-bond donors (Lipinski definition) is 3. The van der Waals surface area contributed by atoms with Gasteiger partial charge in [-0.25, -0.2) is 4.39 Å². The minimum Gasteiger partial charge on any atom is -0.361 e. The van der Waals surface area contributed by atoms with Crippen molar-refractivity contribution in [3.8, 4) is 12.3 Å². The Hall–Kier alpha value is -4.53. The first kappa shape index (κ1) is 31.0. The fourth-order valence-corrected chi connectivity index (χ4v) is 4.48. The molecule has 0 radical (unpaired) electrons. The lowest BCUT2D eigenvalue weighted by Crippen LogP contribution is -2.54. The molecular weight excluding hydrogens is 533 g/mol. The third-order valence-electron chi connectivity index (χ3n) is 6.61. The minimum atomic E-state index is -1.15. The maximum Gasteiger partial charge on any atom is 0.298 e. The predicted octanol–water partition coefficient (Wildman–Crippen LogP) is 1.16. The molecule has 41 heavy (non-hydrogen) atoms. The van der Waals surface area contributed by atoms with E-state index in [1.807, 2.05) is 19.8 Å². The van der Waals surface area contributed by atoms with Gasteiger partial charge < -0.3 is 25.4 Å². The number of benzene rings is 1. The molecule has 1 aromatic carbocycles. The average Bonchev–Trinajstić information content (AvgIpc) is 3.55. The first-order valence-electron chi connectivity index (χ1n) is 13.3. The number of carbonyl (C=O) groups excluding carboxylic acids is 5. The highest BCUT2D eigenvalue weighted by Gasteiger charge is 2.32. The fourth-order valence-electron chi connectivity index (χ4n) is 4.48. The lowest BCUT2D eigenvalue weighted by atomic mass is 9.98. The highest BCUT2D eigenvalue weighted by molar-refractivity contribution is 5.99. The maximum atomic E-state index is 13.5. The van der Waals surface area contributed by atoms with Crippen LogP contribution >= 0.6 is 0 Å². The molecule has 2 heterocycles. The molecule has 1 aliphatic heterocycles. The van der Waals surface area contributed by atoms with Gasteiger partial charge in [0.25, 0.3) is 11.8 Å². The Balaban J connectivity index is 1.79. The second-order valence-corrected chi connectivity index (χ2v) is 10.4. The summed E-state index contributed by atoms with van der Waals surface area (Å²) in [6.45, 7) is 5.38. The summed E-state index contributed by atoms with van der Waals surface area (Å²) in [5.74, 6) is -1.34. The van der Waals surface area contributed by atoms with Crippen molar-refractivity contribution in [2.45, 2.75) is 52.1 Å². The van der Waals surface area contributed by atoms with Crippen molar-refractivity contribution in [3.05, 3.63) is 53.2 Å². The van der Waals surface area contributed by atoms with Crippen molar-refractivity contribution in [2.75, 3.05) is 19.6 Å². The molecule has 3 rings (SSSR count). The van der Waals surface area contributed by atoms with Gasteiger partial charge in [-0.05, 0) is 49.3 Å². The number of terminal acetylenes is 1. The van der Waals surface area contributed by atoms with Crippen LogP contribution in [0.5, 0.6) is 0 Å². The molecule has 0 saturated carbocycles. The number of hydrogen-bond acceptors (Lipinski definition) is 7. The van der Waals surface area contributed by atoms with Gasteiger partial charge in [0.1, 0.15) is 17.6 Å². The summed E-state index contributed by atoms with van der Waals surface area (Å²) in [5.41, 5.74) is 0.532. The van der Waals surface area contributed by atoms with Gasteiger partial charge in [0.2, 0.25) is 11.8 Å². The Morgan fingerprint density at radius 2 is 1.90 bits per heavy atom. The Morgan fingerprint density at radius 1 is 1.20 bits per heavy atom. The fraction of sp³-hybridized carbons (Fsp3) is 0.448. The number of rotatable bonds is 13. The van der Waals surface area contributed by atoms with E-state index in [1.165, 1.54) is 30.3 Å². The van der Waals surface area contributed by atoms with Crippen LogP contribution in [-0.2, 0) is 25.6 Å². The largest absolute Gasteiger partial charge is 0.361 e. The number of nitrogens with one attached hydrogen (secondary N) is 3. The summed E-state index contributed by atoms with van der Waals surface area (Å²) in [7, 11) is 0. The average molecular weight is 568 g/mol. The van der Waals surface area contributed by atoms with E-state index < -0.39 is 53.9 Å². The molecular formula is C29H34FN5O6. The number of carbonyl (C=O) groups is 5. The van der Waals surface area contributed by atoms with Gasteiger partial charge in [0.05, 0.1) is 18.5 Å². The van der Waals surface area contributed by atoms with E-state index in [4.69, 9.17) is 10.9 Å². The SMILES string of the molecule is C#CC(=O)N(CC(=O)[C@H](CC(C)C)NC(=O)[C@H](Cc1ccc(F)cc1)NC(=O)c1cc(C)on1)C[C@@H]1CCNC1=O. The van der Waals surface area contributed by atoms with Gasteiger partial charge in [0.15, 0.2) is 11.5 Å². The first-order valence-corrected chi connectivity index (χ1v) is 13.3. The molecule has 1 saturated heterocycles. The second-order valence-electron chi connectivity index (χ2n) is 10.4. The van der Waals surface area contributed by atoms with Gasteiger partial charge in [-0.3, -0.25) is 24.0 Å². The summed E-state index contributed by atoms with van der Waals surface area (Å²) < 4.78 is 18.4. The van der Waals surface area contributed by atoms with Crippen molar-refractivity contribution in [1.29, 1.82) is 0 Å². The molecule has 218 valence electrons. The Labute approximate surface area is 237 Å². The molecule has 0 aliphatic carbocycles. The smallest absolute Gasteiger partial charge is 0.298 e. The van der Waals surface area contributed by atoms with Crippen LogP contribution < -0.4 is 16.0 Å². The number of amides is 4. The van der Waals surface area contributed by atoms with E-state index in [1.54, 1.807) is 6.92 Å². The first-order chi connectivity index (χ1) is 19.5. The lowest BCUT2D eigenvalue weighted by Gasteiger charge is -2.27. The maximum absolute atomic E-state index is 13.5. The molecule has 2 aromatic rings. The Kier molecular flexibility index (Phi) is 10.7. The van der Waals surface area contributed by atoms with Gasteiger partial charge in [-0.15, -0.1) is 6.42 Å². The summed E-state index contributed by atoms with van der Waals surface area (Å²) in [4.78, 5) is 65.4. The van der Waals surface area contributed by atoms with E-state index in [0.29, 0.717) is 24.3 Å². The van der Waals surface area contributed by atoms with E-state index in [-0.39, 0.29) is 36.9 Å². The van der Waals surface area contributed by atoms with Crippen molar-refractivity contribution in [1.82, 2.24) is 26.0 Å². The van der Waals surface area contributed by atoms with Gasteiger partial charge in [0, 0.05) is 25.6 Å². The van der Waals surface area contributed by atoms with Crippen molar-refractivity contribution in [2.24, 2.45) is 11.8 Å². The monoisotopic (exact) mass is 567 g/mol. The molecule has 3 atom stereocenters. The van der Waals surface area contributed by atoms with Crippen LogP contribution in [0, 0.1) is 36.9 Å². The van der Waals surface area contributed by atoms with E-state index >= 15 is 0 Å². The van der Waals surface area contributed by atoms with E-state index in [9.17, 15) is 28.4 Å². The number of Topliss-reactive ketones (excluding diaryl/α,β-unsaturated/α-hetero) is 1. The highest BCUT2D eigenvalue weighted by Crippen LogP contribution is 2.14. The van der Waals surface area contributed by atoms with Crippen LogP contribution in [0.15, 0.2) is 34.9 Å². The molecule has 1 fully saturated rings. The quantitative estimate of drug-likeness (QED) is 0.307. The van der Waals surface area contributed by atoms with Crippen LogP contribution in [0.4, 0.5) is 4.39 Å². The molecule has 1 aliphatic rings. The molecule has 0 bridgehead atoms. The molecule has 4 amide bonds. The number of halogens is 1. The molecule has 0 unspecified atom stereocenters. The van der Waals surface area contributed by atoms with E-state index in [0.717, 1.165) is 4.90 Å². The Bertz CT molecular complexity index is 1320. The standard InChI is InChI=1S/C29H34FN5O6/c1-5-26(37)35(15-20-10-11-31-27(20)38)16-25(36)22(12-17(2)3)32-28(39)23(14-19-6-8-21(30)9-7-19)33-29(40)24-13-18(4)41-34-24/h1,6-9,13,17,20,22-23H,10-12,14-16H2,2-4H3,(H,31,38)(H,32,39)(H,33,40)/t20-,22-,23-/m0/s1. The topological polar surface area (TPSA) is 151 Å². The van der Waals surface area contributed by atoms with Crippen LogP contribution in [0.25, 0.3) is 0 Å². The van der Waals surface area contributed by atoms with Gasteiger partial charge >= 0.3 is 0 Å². The number of nitrogens with zero attached hydrogens (tertiary/aromatic N) is 2. The number of aromatic nitrogens is 1. The lowest BCUT2D eigenvalue weighted by molar-refractivity contribution is -0.135. The number of ketones is 1. The van der Waals surface area contributed by atoms with Crippen LogP contribution in [-0.4, -0.2) is 71.2 Å². The Morgan fingerprint density at radius 3 is 2.46 bits per heavy atom. The molecule has 11 nitrogen and oxygen atoms in total. The van der Waals surface area contributed by atoms with Crippen LogP contribution in [0.1, 0.15) is 48.5 Å². The van der Waals surface area contributed by atoms with Crippen LogP contribution in [0.2, 0.25) is 0 Å². The van der Waals surface area contributed by atoms with E-state index in [2.05, 4.69) is 21.1 Å². The zero-order valence-electron chi connectivity index (χ0n) is 23.2. The molecule has 0 spiro atoms. The zero-order chi connectivity index (χ0) is 30.1. The molecule has 1 aromatic heterocycles. The summed E-state index contributed by atoms with van der Waals surface area (Å²) >= 11 is 0. The second kappa shape index (κ2) is 14.2. The van der Waals surface area contributed by atoms with Crippen LogP contribution in [0.3, 0.4) is 0 Å². The van der Waals surface area contributed by atoms with Crippen molar-refractivity contribution >= 4 is 29.4 Å². The third kappa shape index (κ3) is 8.99. The summed E-state index contributed by atoms with van der Waals surface area (Å²) in [6.07, 6.45) is 6.06. The third-order valence-corrected chi connectivity index (χ3v) is 6.61. The normalized spacial score (nSPS) is 15.9. The van der Waals surface area contributed by atoms with Gasteiger partial charge in [-0.1, -0.05) is 31.1 Å². The zero-order valence-corrected chi connectivity index (χ0v) is 23.2.